The number of benzene rings is 2. The number of fused-ring (bicyclic) bond motifs is 2. The molecule has 91 valence electrons. The van der Waals surface area contributed by atoms with Gasteiger partial charge >= 0.3 is 0 Å². The summed E-state index contributed by atoms with van der Waals surface area (Å²) in [5.74, 6) is 0. The van der Waals surface area contributed by atoms with E-state index < -0.39 is 8.80 Å². The van der Waals surface area contributed by atoms with Crippen LogP contribution in [0.1, 0.15) is 19.8 Å². The van der Waals surface area contributed by atoms with Gasteiger partial charge in [-0.25, -0.2) is 0 Å². The van der Waals surface area contributed by atoms with Crippen molar-refractivity contribution in [2.24, 2.45) is 0 Å². The van der Waals surface area contributed by atoms with Crippen LogP contribution < -0.4 is 15.7 Å². The summed E-state index contributed by atoms with van der Waals surface area (Å²) >= 11 is 0. The van der Waals surface area contributed by atoms with Gasteiger partial charge in [-0.3, -0.25) is 0 Å². The summed E-state index contributed by atoms with van der Waals surface area (Å²) in [4.78, 5) is 0. The molecule has 0 aliphatic carbocycles. The molecule has 0 saturated heterocycles. The molecule has 2 heteroatoms. The molecule has 18 heavy (non-hydrogen) atoms. The minimum Gasteiger partial charge on any atom is -0.356 e. The molecule has 1 radical (unpaired) electrons. The number of hydrogen-bond acceptors (Lipinski definition) is 1. The van der Waals surface area contributed by atoms with E-state index in [1.807, 2.05) is 0 Å². The minimum absolute atomic E-state index is 0.587. The molecule has 1 nitrogen and oxygen atoms in total. The van der Waals surface area contributed by atoms with Crippen LogP contribution in [0.4, 0.5) is 11.4 Å². The molecule has 0 fully saturated rings. The molecule has 1 aliphatic heterocycles. The molecule has 1 N–H and O–H groups in total. The van der Waals surface area contributed by atoms with E-state index in [-0.39, 0.29) is 0 Å². The third kappa shape index (κ3) is 1.97. The lowest BCUT2D eigenvalue weighted by Crippen LogP contribution is -2.47. The van der Waals surface area contributed by atoms with E-state index >= 15 is 0 Å². The highest BCUT2D eigenvalue weighted by Crippen LogP contribution is 2.21. The van der Waals surface area contributed by atoms with Gasteiger partial charge < -0.3 is 5.32 Å². The summed E-state index contributed by atoms with van der Waals surface area (Å²) in [5.41, 5.74) is 2.64. The summed E-state index contributed by atoms with van der Waals surface area (Å²) in [6, 6.07) is 19.0. The van der Waals surface area contributed by atoms with Gasteiger partial charge in [0.25, 0.3) is 0 Å². The Morgan fingerprint density at radius 2 is 1.44 bits per heavy atom. The molecular weight excluding hydrogens is 234 g/mol. The van der Waals surface area contributed by atoms with Gasteiger partial charge in [0.15, 0.2) is 0 Å². The van der Waals surface area contributed by atoms with Crippen molar-refractivity contribution >= 4 is 30.5 Å². The van der Waals surface area contributed by atoms with E-state index in [0.717, 1.165) is 0 Å². The van der Waals surface area contributed by atoms with Gasteiger partial charge in [-0.15, -0.1) is 0 Å². The van der Waals surface area contributed by atoms with Crippen molar-refractivity contribution in [1.82, 2.24) is 0 Å². The van der Waals surface area contributed by atoms with Crippen molar-refractivity contribution in [1.29, 1.82) is 0 Å². The van der Waals surface area contributed by atoms with Gasteiger partial charge in [0.2, 0.25) is 0 Å². The van der Waals surface area contributed by atoms with Crippen LogP contribution in [0, 0.1) is 0 Å². The van der Waals surface area contributed by atoms with Gasteiger partial charge in [0, 0.05) is 11.4 Å². The van der Waals surface area contributed by atoms with Crippen LogP contribution in [0.25, 0.3) is 0 Å². The van der Waals surface area contributed by atoms with Crippen molar-refractivity contribution in [2.75, 3.05) is 5.32 Å². The third-order valence-electron chi connectivity index (χ3n) is 3.55. The Morgan fingerprint density at radius 3 is 2.00 bits per heavy atom. The lowest BCUT2D eigenvalue weighted by molar-refractivity contribution is 0.878. The summed E-state index contributed by atoms with van der Waals surface area (Å²) in [6.07, 6.45) is 2.61. The number of hydrogen-bond donors (Lipinski definition) is 1. The van der Waals surface area contributed by atoms with Crippen molar-refractivity contribution in [2.45, 2.75) is 25.8 Å². The van der Waals surface area contributed by atoms with Gasteiger partial charge in [-0.1, -0.05) is 62.2 Å². The van der Waals surface area contributed by atoms with Crippen LogP contribution in [0.3, 0.4) is 0 Å². The molecule has 0 amide bonds. The zero-order valence-corrected chi connectivity index (χ0v) is 11.7. The number of anilines is 2. The second-order valence-corrected chi connectivity index (χ2v) is 7.33. The lowest BCUT2D eigenvalue weighted by atomic mass is 10.2. The fraction of sp³-hybridized carbons (Fsp3) is 0.250. The minimum atomic E-state index is -0.587. The molecule has 2 aromatic carbocycles. The first kappa shape index (κ1) is 11.5. The standard InChI is InChI=1S/C16H18NSi/c1-2-3-12-18-15-10-6-4-8-13(15)17-14-9-5-7-11-16(14)18/h4-11,17H,2-3,12H2,1H3. The molecule has 0 atom stereocenters. The number of unbranched alkanes of at least 4 members (excludes halogenated alkanes) is 1. The van der Waals surface area contributed by atoms with Crippen molar-refractivity contribution in [3.63, 3.8) is 0 Å². The Labute approximate surface area is 110 Å². The molecule has 0 unspecified atom stereocenters. The van der Waals surface area contributed by atoms with Gasteiger partial charge in [-0.05, 0) is 22.5 Å². The van der Waals surface area contributed by atoms with Crippen molar-refractivity contribution in [3.05, 3.63) is 48.5 Å². The molecule has 1 aliphatic rings. The fourth-order valence-electron chi connectivity index (χ4n) is 2.62. The van der Waals surface area contributed by atoms with Crippen LogP contribution in [0.5, 0.6) is 0 Å². The maximum Gasteiger partial charge on any atom is 0.126 e. The summed E-state index contributed by atoms with van der Waals surface area (Å²) in [6.45, 7) is 2.28. The number of nitrogens with one attached hydrogen (secondary N) is 1. The zero-order chi connectivity index (χ0) is 12.4. The number of para-hydroxylation sites is 2. The first-order valence-electron chi connectivity index (χ1n) is 6.72. The maximum atomic E-state index is 3.57. The average molecular weight is 252 g/mol. The number of rotatable bonds is 3. The lowest BCUT2D eigenvalue weighted by Gasteiger charge is -2.28. The Hall–Kier alpha value is -1.54. The molecule has 1 heterocycles. The molecule has 3 rings (SSSR count). The smallest absolute Gasteiger partial charge is 0.126 e. The van der Waals surface area contributed by atoms with Crippen molar-refractivity contribution < 1.29 is 0 Å². The normalized spacial score (nSPS) is 13.6. The van der Waals surface area contributed by atoms with E-state index in [2.05, 4.69) is 60.8 Å². The Kier molecular flexibility index (Phi) is 3.20. The molecule has 0 spiro atoms. The SMILES string of the molecule is CCCC[Si]1c2ccccc2Nc2ccccc21. The van der Waals surface area contributed by atoms with Crippen LogP contribution in [-0.2, 0) is 0 Å². The van der Waals surface area contributed by atoms with E-state index in [1.54, 1.807) is 10.4 Å². The van der Waals surface area contributed by atoms with Crippen LogP contribution in [0.15, 0.2) is 48.5 Å². The monoisotopic (exact) mass is 252 g/mol. The van der Waals surface area contributed by atoms with E-state index in [4.69, 9.17) is 0 Å². The molecular formula is C16H18NSi. The summed E-state index contributed by atoms with van der Waals surface area (Å²) in [7, 11) is -0.587. The second-order valence-electron chi connectivity index (χ2n) is 4.80. The Bertz CT molecular complexity index is 505. The third-order valence-corrected chi connectivity index (χ3v) is 6.58. The maximum absolute atomic E-state index is 3.57. The quantitative estimate of drug-likeness (QED) is 0.828. The van der Waals surface area contributed by atoms with Gasteiger partial charge in [0.05, 0.1) is 0 Å². The Balaban J connectivity index is 2.05. The summed E-state index contributed by atoms with van der Waals surface area (Å²) in [5, 5.41) is 6.67. The van der Waals surface area contributed by atoms with Crippen molar-refractivity contribution in [3.8, 4) is 0 Å². The topological polar surface area (TPSA) is 12.0 Å². The van der Waals surface area contributed by atoms with Gasteiger partial charge in [-0.2, -0.15) is 0 Å². The first-order chi connectivity index (χ1) is 8.90. The second kappa shape index (κ2) is 4.98. The zero-order valence-electron chi connectivity index (χ0n) is 10.7. The summed E-state index contributed by atoms with van der Waals surface area (Å²) < 4.78 is 0. The Morgan fingerprint density at radius 1 is 0.889 bits per heavy atom. The highest BCUT2D eigenvalue weighted by Gasteiger charge is 2.25. The molecule has 2 aromatic rings. The average Bonchev–Trinajstić information content (AvgIpc) is 2.43. The van der Waals surface area contributed by atoms with Gasteiger partial charge in [0.1, 0.15) is 8.80 Å². The molecule has 0 aromatic heterocycles. The fourth-order valence-corrected chi connectivity index (χ4v) is 5.70. The van der Waals surface area contributed by atoms with E-state index in [1.165, 1.54) is 30.3 Å². The van der Waals surface area contributed by atoms with E-state index in [0.29, 0.717) is 0 Å². The predicted molar refractivity (Wildman–Crippen MR) is 80.9 cm³/mol. The largest absolute Gasteiger partial charge is 0.356 e. The highest BCUT2D eigenvalue weighted by molar-refractivity contribution is 6.88. The van der Waals surface area contributed by atoms with Crippen LogP contribution in [-0.4, -0.2) is 8.80 Å². The highest BCUT2D eigenvalue weighted by atomic mass is 28.3. The van der Waals surface area contributed by atoms with Crippen LogP contribution >= 0.6 is 0 Å². The first-order valence-corrected chi connectivity index (χ1v) is 8.42. The van der Waals surface area contributed by atoms with Crippen LogP contribution in [0.2, 0.25) is 6.04 Å². The molecule has 0 bridgehead atoms. The predicted octanol–water partition coefficient (Wildman–Crippen LogP) is 3.15. The van der Waals surface area contributed by atoms with E-state index in [9.17, 15) is 0 Å². The molecule has 0 saturated carbocycles.